The number of esters is 1. The molecule has 0 amide bonds. The number of carbonyl (C=O) groups excluding carboxylic acids is 1. The van der Waals surface area contributed by atoms with Crippen LogP contribution in [0, 0.1) is 0 Å². The molecule has 2 aromatic carbocycles. The Balaban J connectivity index is 1.98. The van der Waals surface area contributed by atoms with Crippen LogP contribution in [0.1, 0.15) is 37.5 Å². The second-order valence-electron chi connectivity index (χ2n) is 5.56. The van der Waals surface area contributed by atoms with Crippen LogP contribution in [0.2, 0.25) is 10.0 Å². The minimum Gasteiger partial charge on any atom is -0.489 e. The maximum Gasteiger partial charge on any atom is 0.308 e. The maximum absolute atomic E-state index is 11.7. The average molecular weight is 397 g/mol. The van der Waals surface area contributed by atoms with Gasteiger partial charge in [-0.1, -0.05) is 41.4 Å². The van der Waals surface area contributed by atoms with Crippen molar-refractivity contribution in [3.63, 3.8) is 0 Å². The predicted octanol–water partition coefficient (Wildman–Crippen LogP) is 5.60. The summed E-state index contributed by atoms with van der Waals surface area (Å²) in [5.74, 6) is 0.442. The molecule has 0 unspecified atom stereocenters. The minimum atomic E-state index is -0.330. The Morgan fingerprint density at radius 1 is 1.00 bits per heavy atom. The first-order chi connectivity index (χ1) is 12.5. The van der Waals surface area contributed by atoms with Crippen molar-refractivity contribution < 1.29 is 19.0 Å². The van der Waals surface area contributed by atoms with Crippen molar-refractivity contribution in [2.75, 3.05) is 13.2 Å². The molecular formula is C20H22Cl2O4. The van der Waals surface area contributed by atoms with Crippen LogP contribution in [0.5, 0.6) is 5.75 Å². The van der Waals surface area contributed by atoms with E-state index in [4.69, 9.17) is 37.4 Å². The van der Waals surface area contributed by atoms with Crippen LogP contribution in [0.25, 0.3) is 0 Å². The number of halogens is 2. The molecule has 26 heavy (non-hydrogen) atoms. The molecule has 0 saturated heterocycles. The number of rotatable bonds is 9. The Hall–Kier alpha value is -1.75. The molecule has 6 heteroatoms. The molecule has 140 valence electrons. The van der Waals surface area contributed by atoms with Gasteiger partial charge in [-0.2, -0.15) is 0 Å². The lowest BCUT2D eigenvalue weighted by Crippen LogP contribution is -2.13. The van der Waals surface area contributed by atoms with E-state index in [9.17, 15) is 4.79 Å². The van der Waals surface area contributed by atoms with Crippen molar-refractivity contribution in [3.05, 3.63) is 63.6 Å². The third kappa shape index (κ3) is 6.20. The van der Waals surface area contributed by atoms with Gasteiger partial charge < -0.3 is 14.2 Å². The molecule has 0 spiro atoms. The van der Waals surface area contributed by atoms with Gasteiger partial charge in [-0.15, -0.1) is 0 Å². The zero-order valence-corrected chi connectivity index (χ0v) is 16.3. The van der Waals surface area contributed by atoms with Crippen LogP contribution in [-0.2, 0) is 20.9 Å². The highest BCUT2D eigenvalue weighted by Gasteiger charge is 2.17. The molecule has 0 aliphatic carbocycles. The smallest absolute Gasteiger partial charge is 0.308 e. The summed E-state index contributed by atoms with van der Waals surface area (Å²) in [6.45, 7) is 4.94. The van der Waals surface area contributed by atoms with E-state index in [2.05, 4.69) is 0 Å². The first kappa shape index (κ1) is 20.6. The SMILES string of the molecule is CCOC(=O)C[C@H](OCC)c1ccc(OCc2ccc(Cl)c(Cl)c2)cc1. The van der Waals surface area contributed by atoms with E-state index in [1.54, 1.807) is 19.1 Å². The van der Waals surface area contributed by atoms with Gasteiger partial charge in [-0.3, -0.25) is 4.79 Å². The fraction of sp³-hybridized carbons (Fsp3) is 0.350. The molecule has 0 aliphatic heterocycles. The molecule has 0 saturated carbocycles. The second-order valence-corrected chi connectivity index (χ2v) is 6.37. The Kier molecular flexibility index (Phi) is 8.23. The summed E-state index contributed by atoms with van der Waals surface area (Å²) in [6.07, 6.45) is -0.145. The van der Waals surface area contributed by atoms with Gasteiger partial charge in [0.15, 0.2) is 0 Å². The van der Waals surface area contributed by atoms with Gasteiger partial charge in [0.2, 0.25) is 0 Å². The maximum atomic E-state index is 11.7. The van der Waals surface area contributed by atoms with Crippen LogP contribution in [-0.4, -0.2) is 19.2 Å². The molecule has 0 aromatic heterocycles. The minimum absolute atomic E-state index is 0.186. The number of benzene rings is 2. The zero-order chi connectivity index (χ0) is 18.9. The lowest BCUT2D eigenvalue weighted by molar-refractivity contribution is -0.146. The Labute approximate surface area is 164 Å². The molecule has 1 atom stereocenters. The van der Waals surface area contributed by atoms with Gasteiger partial charge in [-0.05, 0) is 49.2 Å². The third-order valence-electron chi connectivity index (χ3n) is 3.67. The van der Waals surface area contributed by atoms with Crippen molar-refractivity contribution in [3.8, 4) is 5.75 Å². The van der Waals surface area contributed by atoms with Crippen molar-refractivity contribution in [2.45, 2.75) is 33.0 Å². The highest BCUT2D eigenvalue weighted by molar-refractivity contribution is 6.42. The fourth-order valence-corrected chi connectivity index (χ4v) is 2.74. The van der Waals surface area contributed by atoms with Gasteiger partial charge in [0.1, 0.15) is 12.4 Å². The van der Waals surface area contributed by atoms with Crippen LogP contribution >= 0.6 is 23.2 Å². The van der Waals surface area contributed by atoms with Gasteiger partial charge >= 0.3 is 5.97 Å². The molecule has 0 aliphatic rings. The van der Waals surface area contributed by atoms with Gasteiger partial charge in [0.25, 0.3) is 0 Å². The lowest BCUT2D eigenvalue weighted by atomic mass is 10.1. The van der Waals surface area contributed by atoms with Crippen molar-refractivity contribution in [1.29, 1.82) is 0 Å². The number of hydrogen-bond acceptors (Lipinski definition) is 4. The number of hydrogen-bond donors (Lipinski definition) is 0. The van der Waals surface area contributed by atoms with E-state index in [0.29, 0.717) is 35.6 Å². The Bertz CT molecular complexity index is 716. The largest absolute Gasteiger partial charge is 0.489 e. The molecule has 0 radical (unpaired) electrons. The third-order valence-corrected chi connectivity index (χ3v) is 4.41. The molecular weight excluding hydrogens is 375 g/mol. The first-order valence-corrected chi connectivity index (χ1v) is 9.23. The molecule has 0 N–H and O–H groups in total. The standard InChI is InChI=1S/C20H22Cl2O4/c1-3-24-19(12-20(23)25-4-2)15-6-8-16(9-7-15)26-13-14-5-10-17(21)18(22)11-14/h5-11,19H,3-4,12-13H2,1-2H3/t19-/m0/s1. The average Bonchev–Trinajstić information content (AvgIpc) is 2.63. The summed E-state index contributed by atoms with van der Waals surface area (Å²) >= 11 is 11.9. The van der Waals surface area contributed by atoms with Crippen LogP contribution < -0.4 is 4.74 Å². The highest BCUT2D eigenvalue weighted by Crippen LogP contribution is 2.26. The molecule has 0 bridgehead atoms. The van der Waals surface area contributed by atoms with Gasteiger partial charge in [0.05, 0.1) is 29.2 Å². The van der Waals surface area contributed by atoms with Crippen LogP contribution in [0.3, 0.4) is 0 Å². The summed E-state index contributed by atoms with van der Waals surface area (Å²) in [6, 6.07) is 12.9. The normalized spacial score (nSPS) is 11.8. The molecule has 2 rings (SSSR count). The summed E-state index contributed by atoms with van der Waals surface area (Å²) < 4.78 is 16.4. The van der Waals surface area contributed by atoms with E-state index in [-0.39, 0.29) is 18.5 Å². The van der Waals surface area contributed by atoms with E-state index in [0.717, 1.165) is 11.1 Å². The quantitative estimate of drug-likeness (QED) is 0.517. The lowest BCUT2D eigenvalue weighted by Gasteiger charge is -2.17. The summed E-state index contributed by atoms with van der Waals surface area (Å²) in [5, 5.41) is 1.02. The van der Waals surface area contributed by atoms with Gasteiger partial charge in [0, 0.05) is 6.61 Å². The summed E-state index contributed by atoms with van der Waals surface area (Å²) in [7, 11) is 0. The van der Waals surface area contributed by atoms with E-state index >= 15 is 0 Å². The van der Waals surface area contributed by atoms with E-state index < -0.39 is 0 Å². The van der Waals surface area contributed by atoms with Crippen LogP contribution in [0.15, 0.2) is 42.5 Å². The molecule has 0 heterocycles. The highest BCUT2D eigenvalue weighted by atomic mass is 35.5. The van der Waals surface area contributed by atoms with Crippen LogP contribution in [0.4, 0.5) is 0 Å². The predicted molar refractivity (Wildman–Crippen MR) is 103 cm³/mol. The first-order valence-electron chi connectivity index (χ1n) is 8.47. The van der Waals surface area contributed by atoms with Crippen molar-refractivity contribution >= 4 is 29.2 Å². The van der Waals surface area contributed by atoms with Crippen molar-refractivity contribution in [1.82, 2.24) is 0 Å². The molecule has 0 fully saturated rings. The molecule has 4 nitrogen and oxygen atoms in total. The van der Waals surface area contributed by atoms with Gasteiger partial charge in [-0.25, -0.2) is 0 Å². The van der Waals surface area contributed by atoms with E-state index in [1.165, 1.54) is 0 Å². The summed E-state index contributed by atoms with van der Waals surface area (Å²) in [5.41, 5.74) is 1.83. The van der Waals surface area contributed by atoms with Crippen molar-refractivity contribution in [2.24, 2.45) is 0 Å². The molecule has 2 aromatic rings. The Morgan fingerprint density at radius 3 is 2.35 bits per heavy atom. The number of ether oxygens (including phenoxy) is 3. The monoisotopic (exact) mass is 396 g/mol. The topological polar surface area (TPSA) is 44.8 Å². The second kappa shape index (κ2) is 10.4. The van der Waals surface area contributed by atoms with E-state index in [1.807, 2.05) is 37.3 Å². The number of carbonyl (C=O) groups is 1. The Morgan fingerprint density at radius 2 is 1.73 bits per heavy atom. The zero-order valence-electron chi connectivity index (χ0n) is 14.8. The fourth-order valence-electron chi connectivity index (χ4n) is 2.42. The summed E-state index contributed by atoms with van der Waals surface area (Å²) in [4.78, 5) is 11.7.